The summed E-state index contributed by atoms with van der Waals surface area (Å²) in [5, 5.41) is 36.6. The van der Waals surface area contributed by atoms with Crippen LogP contribution in [0.5, 0.6) is 0 Å². The van der Waals surface area contributed by atoms with Crippen LogP contribution in [0.3, 0.4) is 0 Å². The molecular weight excluding hydrogens is 589 g/mol. The summed E-state index contributed by atoms with van der Waals surface area (Å²) in [7, 11) is 3.06. The van der Waals surface area contributed by atoms with E-state index in [1.165, 1.54) is 40.9 Å². The summed E-state index contributed by atoms with van der Waals surface area (Å²) >= 11 is 3.75. The zero-order valence-corrected chi connectivity index (χ0v) is 25.9. The van der Waals surface area contributed by atoms with E-state index in [1.807, 2.05) is 12.1 Å². The molecule has 1 saturated heterocycles. The molecule has 0 unspecified atom stereocenters. The van der Waals surface area contributed by atoms with Gasteiger partial charge in [0.2, 0.25) is 0 Å². The first-order chi connectivity index (χ1) is 18.8. The average Bonchev–Trinajstić information content (AvgIpc) is 3.53. The maximum Gasteiger partial charge on any atom is 1.00 e. The van der Waals surface area contributed by atoms with E-state index in [9.17, 15) is 19.8 Å². The first kappa shape index (κ1) is 30.0. The third-order valence-corrected chi connectivity index (χ3v) is 8.84. The number of anilines is 1. The second kappa shape index (κ2) is 12.7. The number of carbonyl (C=O) groups excluding carboxylic acids is 1. The molecule has 202 valence electrons. The van der Waals surface area contributed by atoms with E-state index in [1.54, 1.807) is 23.9 Å². The number of rotatable bonds is 9. The molecule has 0 bridgehead atoms. The van der Waals surface area contributed by atoms with Crippen LogP contribution in [0.15, 0.2) is 56.4 Å². The molecule has 40 heavy (non-hydrogen) atoms. The van der Waals surface area contributed by atoms with Crippen molar-refractivity contribution in [2.75, 3.05) is 24.3 Å². The Kier molecular flexibility index (Phi) is 9.52. The third-order valence-electron chi connectivity index (χ3n) is 5.73. The van der Waals surface area contributed by atoms with Crippen LogP contribution in [0.2, 0.25) is 0 Å². The number of pyridine rings is 1. The van der Waals surface area contributed by atoms with Gasteiger partial charge in [0, 0.05) is 36.0 Å². The van der Waals surface area contributed by atoms with Crippen molar-refractivity contribution in [3.63, 3.8) is 0 Å². The Bertz CT molecular complexity index is 1520. The molecule has 0 radical (unpaired) electrons. The predicted molar refractivity (Wildman–Crippen MR) is 144 cm³/mol. The summed E-state index contributed by atoms with van der Waals surface area (Å²) in [6.07, 6.45) is 1.66. The number of nitrogens with zero attached hydrogens (tertiary/aromatic N) is 8. The van der Waals surface area contributed by atoms with Gasteiger partial charge in [-0.25, -0.2) is 9.78 Å². The average molecular weight is 610 g/mol. The number of aromatic nitrogens is 5. The number of fused-ring (bicyclic) bond motifs is 1. The fourth-order valence-electron chi connectivity index (χ4n) is 3.94. The molecule has 2 aliphatic heterocycles. The summed E-state index contributed by atoms with van der Waals surface area (Å²) in [5.41, 5.74) is 6.72. The maximum absolute atomic E-state index is 13.0. The van der Waals surface area contributed by atoms with Gasteiger partial charge in [-0.3, -0.25) is 19.7 Å². The number of hydrogen-bond acceptors (Lipinski definition) is 14. The van der Waals surface area contributed by atoms with Crippen molar-refractivity contribution in [3.8, 4) is 11.5 Å². The Morgan fingerprint density at radius 1 is 1.38 bits per heavy atom. The molecule has 1 amide bonds. The van der Waals surface area contributed by atoms with Crippen LogP contribution in [0.4, 0.5) is 5.13 Å². The van der Waals surface area contributed by atoms with Crippen LogP contribution in [0, 0.1) is 0 Å². The summed E-state index contributed by atoms with van der Waals surface area (Å²) < 4.78 is 1.77. The Hall–Kier alpha value is -2.96. The summed E-state index contributed by atoms with van der Waals surface area (Å²) in [6, 6.07) is 4.40. The summed E-state index contributed by atoms with van der Waals surface area (Å²) in [4.78, 5) is 43.5. The van der Waals surface area contributed by atoms with Crippen LogP contribution < -0.4 is 40.4 Å². The van der Waals surface area contributed by atoms with E-state index >= 15 is 0 Å². The van der Waals surface area contributed by atoms with Gasteiger partial charge in [0.25, 0.3) is 5.91 Å². The minimum atomic E-state index is -1.24. The van der Waals surface area contributed by atoms with Gasteiger partial charge in [-0.1, -0.05) is 23.0 Å². The number of oxime groups is 1. The van der Waals surface area contributed by atoms with Gasteiger partial charge >= 0.3 is 35.5 Å². The van der Waals surface area contributed by atoms with Crippen molar-refractivity contribution in [1.82, 2.24) is 29.6 Å². The monoisotopic (exact) mass is 609 g/mol. The molecule has 3 aromatic rings. The van der Waals surface area contributed by atoms with Gasteiger partial charge in [-0.15, -0.1) is 33.3 Å². The second-order valence-electron chi connectivity index (χ2n) is 8.11. The number of carboxylic acid groups (broad SMARTS) is 1. The Morgan fingerprint density at radius 3 is 2.83 bits per heavy atom. The fourth-order valence-corrected chi connectivity index (χ4v) is 6.87. The normalized spacial score (nSPS) is 19.1. The summed E-state index contributed by atoms with van der Waals surface area (Å²) in [5.74, 6) is -1.46. The van der Waals surface area contributed by atoms with Crippen LogP contribution in [-0.2, 0) is 21.5 Å². The number of aliphatic carboxylic acids is 1. The van der Waals surface area contributed by atoms with Crippen LogP contribution in [0.25, 0.3) is 11.5 Å². The van der Waals surface area contributed by atoms with Gasteiger partial charge in [0.05, 0.1) is 0 Å². The number of carboxylic acids is 1. The number of β-lactam (4-membered cyclic amide) rings is 1. The van der Waals surface area contributed by atoms with Crippen LogP contribution >= 0.6 is 34.9 Å². The molecule has 5 rings (SSSR count). The van der Waals surface area contributed by atoms with E-state index in [0.29, 0.717) is 28.0 Å². The quantitative estimate of drug-likeness (QED) is 0.0644. The number of carbonyl (C=O) groups is 2. The van der Waals surface area contributed by atoms with Crippen molar-refractivity contribution in [2.24, 2.45) is 17.2 Å². The first-order valence-corrected chi connectivity index (χ1v) is 14.1. The van der Waals surface area contributed by atoms with Crippen molar-refractivity contribution >= 4 is 63.5 Å². The minimum Gasteiger partial charge on any atom is -0.857 e. The summed E-state index contributed by atoms with van der Waals surface area (Å²) in [6.45, 7) is 0. The molecule has 2 aliphatic rings. The van der Waals surface area contributed by atoms with E-state index in [4.69, 9.17) is 10.6 Å². The van der Waals surface area contributed by atoms with Gasteiger partial charge < -0.3 is 25.4 Å². The van der Waals surface area contributed by atoms with Gasteiger partial charge in [-0.05, 0) is 17.7 Å². The van der Waals surface area contributed by atoms with Crippen molar-refractivity contribution in [2.45, 2.75) is 16.6 Å². The van der Waals surface area contributed by atoms with Gasteiger partial charge in [0.15, 0.2) is 22.2 Å². The number of amides is 1. The fraction of sp³-hybridized carbons (Fsp3) is 0.273. The molecule has 0 saturated carbocycles. The molecule has 2 atom stereocenters. The second-order valence-corrected chi connectivity index (χ2v) is 11.0. The maximum atomic E-state index is 13.0. The molecule has 0 spiro atoms. The molecule has 14 nitrogen and oxygen atoms in total. The SMILES string of the molecule is CO/N=C(\C([O-])=N[C@@H]1C(=O)N2C(C(=O)O)=C(CSc3nnc(-c4ccccn4)n3C)CS[C@H]12)c1csc(N)n1.[Na+]. The standard InChI is InChI=1S/C22H21N9O5S3.Na/c1-30-16(11-5-3-4-6-24-11)27-28-22(30)39-8-10-7-37-19-14(18(33)31(19)15(10)20(34)35)26-17(32)13(29-36-2)12-9-38-21(23)25-12;/h3-6,9,14,19H,7-8H2,1-2H3,(H2,23,25)(H,26,32)(H,34,35);/q;+1/p-1/b29-13-;/t14-,19-;/m1./s1. The predicted octanol–water partition coefficient (Wildman–Crippen LogP) is -2.56. The molecule has 0 aliphatic carbocycles. The van der Waals surface area contributed by atoms with Gasteiger partial charge in [-0.2, -0.15) is 0 Å². The van der Waals surface area contributed by atoms with Gasteiger partial charge in [0.1, 0.15) is 35.3 Å². The van der Waals surface area contributed by atoms with Crippen LogP contribution in [0.1, 0.15) is 5.69 Å². The molecule has 0 aromatic carbocycles. The van der Waals surface area contributed by atoms with E-state index in [-0.39, 0.29) is 57.5 Å². The van der Waals surface area contributed by atoms with Crippen molar-refractivity contribution in [1.29, 1.82) is 0 Å². The van der Waals surface area contributed by atoms with Crippen molar-refractivity contribution < 1.29 is 54.2 Å². The Balaban J connectivity index is 0.00000370. The number of nitrogen functional groups attached to an aromatic ring is 1. The Morgan fingerprint density at radius 2 is 2.17 bits per heavy atom. The molecule has 3 N–H and O–H groups in total. The third kappa shape index (κ3) is 5.75. The van der Waals surface area contributed by atoms with Crippen LogP contribution in [-0.4, -0.2) is 88.3 Å². The zero-order chi connectivity index (χ0) is 27.7. The molecular formula is C22H20N9NaO5S3. The number of thiazole rings is 1. The first-order valence-electron chi connectivity index (χ1n) is 11.2. The van der Waals surface area contributed by atoms with E-state index in [0.717, 1.165) is 11.3 Å². The van der Waals surface area contributed by atoms with E-state index in [2.05, 4.69) is 30.3 Å². The number of hydrogen-bond donors (Lipinski definition) is 2. The Labute approximate surface area is 262 Å². The number of thioether (sulfide) groups is 2. The molecule has 18 heteroatoms. The minimum absolute atomic E-state index is 0. The topological polar surface area (TPSA) is 197 Å². The van der Waals surface area contributed by atoms with E-state index < -0.39 is 29.2 Å². The largest absolute Gasteiger partial charge is 1.00 e. The number of aliphatic imine (C=N–C) groups is 1. The molecule has 3 aromatic heterocycles. The molecule has 1 fully saturated rings. The van der Waals surface area contributed by atoms with Crippen molar-refractivity contribution in [3.05, 3.63) is 46.7 Å². The molecule has 5 heterocycles. The smallest absolute Gasteiger partial charge is 0.857 e. The zero-order valence-electron chi connectivity index (χ0n) is 21.4. The number of nitrogens with two attached hydrogens (primary N) is 1.